The van der Waals surface area contributed by atoms with Gasteiger partial charge in [-0.15, -0.1) is 0 Å². The summed E-state index contributed by atoms with van der Waals surface area (Å²) in [7, 11) is 1.72. The van der Waals surface area contributed by atoms with Crippen LogP contribution in [0.25, 0.3) is 0 Å². The van der Waals surface area contributed by atoms with Crippen molar-refractivity contribution in [1.29, 1.82) is 0 Å². The van der Waals surface area contributed by atoms with E-state index in [0.29, 0.717) is 18.5 Å². The second kappa shape index (κ2) is 6.40. The largest absolute Gasteiger partial charge is 0.325 e. The van der Waals surface area contributed by atoms with Gasteiger partial charge in [0.05, 0.1) is 0 Å². The van der Waals surface area contributed by atoms with Crippen LogP contribution in [0, 0.1) is 12.3 Å². The lowest BCUT2D eigenvalue weighted by Crippen LogP contribution is -2.41. The van der Waals surface area contributed by atoms with Crippen LogP contribution in [0.15, 0.2) is 53.0 Å². The van der Waals surface area contributed by atoms with Gasteiger partial charge in [0.25, 0.3) is 0 Å². The Labute approximate surface area is 150 Å². The van der Waals surface area contributed by atoms with Crippen LogP contribution in [0.2, 0.25) is 0 Å². The van der Waals surface area contributed by atoms with Gasteiger partial charge in [-0.3, -0.25) is 9.59 Å². The van der Waals surface area contributed by atoms with Crippen LogP contribution in [0.5, 0.6) is 0 Å². The Morgan fingerprint density at radius 1 is 1.12 bits per heavy atom. The molecule has 124 valence electrons. The fourth-order valence-corrected chi connectivity index (χ4v) is 3.05. The Hall–Kier alpha value is -2.14. The smallest absolute Gasteiger partial charge is 0.242 e. The SMILES string of the molecule is Cc1ccc(NC(=O)C2(C(=O)N(C)c3ccccc3)CC2)cc1Br. The normalized spacial score (nSPS) is 14.8. The maximum absolute atomic E-state index is 12.8. The van der Waals surface area contributed by atoms with Gasteiger partial charge in [-0.1, -0.05) is 40.2 Å². The third-order valence-corrected chi connectivity index (χ3v) is 5.33. The molecular formula is C19H19BrN2O2. The van der Waals surface area contributed by atoms with Crippen LogP contribution in [0.3, 0.4) is 0 Å². The highest BCUT2D eigenvalue weighted by Crippen LogP contribution is 2.48. The van der Waals surface area contributed by atoms with Crippen molar-refractivity contribution < 1.29 is 9.59 Å². The van der Waals surface area contributed by atoms with E-state index in [-0.39, 0.29) is 11.8 Å². The summed E-state index contributed by atoms with van der Waals surface area (Å²) in [5.74, 6) is -0.386. The first-order valence-corrected chi connectivity index (χ1v) is 8.64. The van der Waals surface area contributed by atoms with Gasteiger partial charge < -0.3 is 10.2 Å². The summed E-state index contributed by atoms with van der Waals surface area (Å²) in [5, 5.41) is 2.88. The first-order valence-electron chi connectivity index (χ1n) is 7.85. The van der Waals surface area contributed by atoms with Crippen molar-refractivity contribution in [3.63, 3.8) is 0 Å². The fourth-order valence-electron chi connectivity index (χ4n) is 2.67. The molecule has 1 aliphatic carbocycles. The van der Waals surface area contributed by atoms with Crippen LogP contribution in [0.4, 0.5) is 11.4 Å². The highest BCUT2D eigenvalue weighted by atomic mass is 79.9. The Bertz CT molecular complexity index is 785. The maximum atomic E-state index is 12.8. The monoisotopic (exact) mass is 386 g/mol. The second-order valence-electron chi connectivity index (χ2n) is 6.20. The van der Waals surface area contributed by atoms with Gasteiger partial charge in [0, 0.05) is 22.9 Å². The van der Waals surface area contributed by atoms with Gasteiger partial charge in [-0.2, -0.15) is 0 Å². The van der Waals surface area contributed by atoms with Gasteiger partial charge in [-0.05, 0) is 49.6 Å². The van der Waals surface area contributed by atoms with Crippen molar-refractivity contribution in [1.82, 2.24) is 0 Å². The molecule has 1 aliphatic rings. The van der Waals surface area contributed by atoms with E-state index >= 15 is 0 Å². The standard InChI is InChI=1S/C19H19BrN2O2/c1-13-8-9-14(12-16(13)20)21-17(23)19(10-11-19)18(24)22(2)15-6-4-3-5-7-15/h3-9,12H,10-11H2,1-2H3,(H,21,23). The molecule has 3 rings (SSSR count). The van der Waals surface area contributed by atoms with E-state index in [1.54, 1.807) is 11.9 Å². The number of nitrogens with zero attached hydrogens (tertiary/aromatic N) is 1. The summed E-state index contributed by atoms with van der Waals surface area (Å²) in [6, 6.07) is 15.0. The number of amides is 2. The molecule has 0 bridgehead atoms. The number of hydrogen-bond donors (Lipinski definition) is 1. The minimum atomic E-state index is -0.943. The van der Waals surface area contributed by atoms with E-state index in [1.807, 2.05) is 55.5 Å². The van der Waals surface area contributed by atoms with Crippen molar-refractivity contribution in [3.8, 4) is 0 Å². The number of hydrogen-bond acceptors (Lipinski definition) is 2. The van der Waals surface area contributed by atoms with Crippen LogP contribution in [-0.2, 0) is 9.59 Å². The predicted octanol–water partition coefficient (Wildman–Crippen LogP) is 4.14. The molecule has 0 saturated heterocycles. The number of nitrogens with one attached hydrogen (secondary N) is 1. The van der Waals surface area contributed by atoms with Gasteiger partial charge in [0.15, 0.2) is 0 Å². The third-order valence-electron chi connectivity index (χ3n) is 4.47. The molecule has 0 atom stereocenters. The second-order valence-corrected chi connectivity index (χ2v) is 7.05. The molecule has 1 saturated carbocycles. The van der Waals surface area contributed by atoms with Gasteiger partial charge >= 0.3 is 0 Å². The van der Waals surface area contributed by atoms with Gasteiger partial charge in [-0.25, -0.2) is 0 Å². The van der Waals surface area contributed by atoms with Crippen LogP contribution in [-0.4, -0.2) is 18.9 Å². The molecule has 4 nitrogen and oxygen atoms in total. The summed E-state index contributed by atoms with van der Waals surface area (Å²) in [6.45, 7) is 1.98. The highest BCUT2D eigenvalue weighted by molar-refractivity contribution is 9.10. The molecule has 0 heterocycles. The zero-order valence-electron chi connectivity index (χ0n) is 13.7. The molecule has 0 aliphatic heterocycles. The topological polar surface area (TPSA) is 49.4 Å². The van der Waals surface area contributed by atoms with E-state index in [9.17, 15) is 9.59 Å². The van der Waals surface area contributed by atoms with E-state index in [1.165, 1.54) is 0 Å². The lowest BCUT2D eigenvalue weighted by Gasteiger charge is -2.23. The van der Waals surface area contributed by atoms with Gasteiger partial charge in [0.2, 0.25) is 11.8 Å². The first-order chi connectivity index (χ1) is 11.4. The number of benzene rings is 2. The van der Waals surface area contributed by atoms with Gasteiger partial charge in [0.1, 0.15) is 5.41 Å². The summed E-state index contributed by atoms with van der Waals surface area (Å²) in [4.78, 5) is 27.1. The van der Waals surface area contributed by atoms with Crippen LogP contribution in [0.1, 0.15) is 18.4 Å². The molecule has 2 amide bonds. The molecule has 5 heteroatoms. The number of anilines is 2. The van der Waals surface area contributed by atoms with E-state index in [2.05, 4.69) is 21.2 Å². The summed E-state index contributed by atoms with van der Waals surface area (Å²) >= 11 is 3.46. The highest BCUT2D eigenvalue weighted by Gasteiger charge is 2.57. The number of carbonyl (C=O) groups is 2. The fraction of sp³-hybridized carbons (Fsp3) is 0.263. The Morgan fingerprint density at radius 3 is 2.38 bits per heavy atom. The quantitative estimate of drug-likeness (QED) is 0.802. The molecule has 0 unspecified atom stereocenters. The summed E-state index contributed by atoms with van der Waals surface area (Å²) in [6.07, 6.45) is 1.17. The molecule has 2 aromatic carbocycles. The van der Waals surface area contributed by atoms with Crippen molar-refractivity contribution in [2.45, 2.75) is 19.8 Å². The average molecular weight is 387 g/mol. The molecule has 1 fully saturated rings. The molecule has 0 spiro atoms. The number of halogens is 1. The van der Waals surface area contributed by atoms with Crippen LogP contribution < -0.4 is 10.2 Å². The molecule has 0 aromatic heterocycles. The molecule has 24 heavy (non-hydrogen) atoms. The van der Waals surface area contributed by atoms with Crippen LogP contribution >= 0.6 is 15.9 Å². The van der Waals surface area contributed by atoms with E-state index in [0.717, 1.165) is 15.7 Å². The zero-order chi connectivity index (χ0) is 17.3. The lowest BCUT2D eigenvalue weighted by atomic mass is 10.0. The Kier molecular flexibility index (Phi) is 4.45. The molecule has 0 radical (unpaired) electrons. The van der Waals surface area contributed by atoms with Crippen molar-refractivity contribution in [3.05, 3.63) is 58.6 Å². The zero-order valence-corrected chi connectivity index (χ0v) is 15.3. The minimum absolute atomic E-state index is 0.155. The predicted molar refractivity (Wildman–Crippen MR) is 99.0 cm³/mol. The van der Waals surface area contributed by atoms with Crippen molar-refractivity contribution >= 4 is 39.1 Å². The van der Waals surface area contributed by atoms with E-state index in [4.69, 9.17) is 0 Å². The number of aryl methyl sites for hydroxylation is 1. The number of para-hydroxylation sites is 1. The molecular weight excluding hydrogens is 368 g/mol. The van der Waals surface area contributed by atoms with Crippen molar-refractivity contribution in [2.24, 2.45) is 5.41 Å². The maximum Gasteiger partial charge on any atom is 0.242 e. The minimum Gasteiger partial charge on any atom is -0.325 e. The third kappa shape index (κ3) is 3.08. The Balaban J connectivity index is 1.76. The van der Waals surface area contributed by atoms with E-state index < -0.39 is 5.41 Å². The summed E-state index contributed by atoms with van der Waals surface area (Å²) < 4.78 is 0.929. The lowest BCUT2D eigenvalue weighted by molar-refractivity contribution is -0.132. The average Bonchev–Trinajstić information content (AvgIpc) is 3.39. The summed E-state index contributed by atoms with van der Waals surface area (Å²) in [5.41, 5.74) is 1.63. The molecule has 1 N–H and O–H groups in total. The Morgan fingerprint density at radius 2 is 1.79 bits per heavy atom. The first kappa shape index (κ1) is 16.7. The molecule has 2 aromatic rings. The number of rotatable bonds is 4. The number of carbonyl (C=O) groups excluding carboxylic acids is 2. The van der Waals surface area contributed by atoms with Crippen molar-refractivity contribution in [2.75, 3.05) is 17.3 Å².